The van der Waals surface area contributed by atoms with Crippen molar-refractivity contribution < 1.29 is 23.8 Å². The number of aryl methyl sites for hydroxylation is 1. The molecule has 140 valence electrons. The van der Waals surface area contributed by atoms with Gasteiger partial charge in [-0.2, -0.15) is 0 Å². The van der Waals surface area contributed by atoms with Gasteiger partial charge in [0.1, 0.15) is 11.4 Å². The fourth-order valence-electron chi connectivity index (χ4n) is 3.87. The Bertz CT molecular complexity index is 748. The van der Waals surface area contributed by atoms with Crippen LogP contribution in [0.1, 0.15) is 44.1 Å². The lowest BCUT2D eigenvalue weighted by atomic mass is 9.89. The largest absolute Gasteiger partial charge is 0.481 e. The van der Waals surface area contributed by atoms with Gasteiger partial charge >= 0.3 is 5.97 Å². The zero-order valence-corrected chi connectivity index (χ0v) is 15.0. The Balaban J connectivity index is 1.47. The minimum absolute atomic E-state index is 0.0659. The van der Waals surface area contributed by atoms with Crippen molar-refractivity contribution >= 4 is 22.7 Å². The number of aliphatic carboxylic acids is 1. The summed E-state index contributed by atoms with van der Waals surface area (Å²) in [5, 5.41) is 9.76. The predicted molar refractivity (Wildman–Crippen MR) is 98.1 cm³/mol. The van der Waals surface area contributed by atoms with E-state index in [2.05, 4.69) is 6.07 Å². The zero-order chi connectivity index (χ0) is 18.4. The van der Waals surface area contributed by atoms with Gasteiger partial charge in [0, 0.05) is 30.8 Å². The molecule has 0 radical (unpaired) electrons. The molecule has 1 aliphatic rings. The predicted octanol–water partition coefficient (Wildman–Crippen LogP) is 4.23. The quantitative estimate of drug-likeness (QED) is 0.643. The van der Waals surface area contributed by atoms with E-state index in [-0.39, 0.29) is 18.3 Å². The third kappa shape index (κ3) is 4.73. The lowest BCUT2D eigenvalue weighted by Crippen LogP contribution is -2.20. The Kier molecular flexibility index (Phi) is 6.45. The summed E-state index contributed by atoms with van der Waals surface area (Å²) < 4.78 is 11.2. The maximum Gasteiger partial charge on any atom is 0.303 e. The van der Waals surface area contributed by atoms with E-state index in [0.717, 1.165) is 36.7 Å². The number of Topliss-reactive ketones (excluding diaryl/α,β-unsaturated/α-hetero) is 1. The minimum Gasteiger partial charge on any atom is -0.481 e. The molecule has 3 rings (SSSR count). The number of fused-ring (bicyclic) bond motifs is 1. The van der Waals surface area contributed by atoms with E-state index in [0.29, 0.717) is 31.8 Å². The summed E-state index contributed by atoms with van der Waals surface area (Å²) in [6.07, 6.45) is 6.53. The number of hydrogen-bond donors (Lipinski definition) is 1. The molecule has 1 fully saturated rings. The van der Waals surface area contributed by atoms with Gasteiger partial charge in [-0.3, -0.25) is 9.59 Å². The molecule has 2 atom stereocenters. The van der Waals surface area contributed by atoms with Gasteiger partial charge in [-0.25, -0.2) is 0 Å². The summed E-state index contributed by atoms with van der Waals surface area (Å²) in [4.78, 5) is 22.8. The third-order valence-electron chi connectivity index (χ3n) is 5.32. The Labute approximate surface area is 153 Å². The maximum atomic E-state index is 12.3. The van der Waals surface area contributed by atoms with E-state index in [4.69, 9.17) is 14.3 Å². The first-order chi connectivity index (χ1) is 12.6. The van der Waals surface area contributed by atoms with Crippen molar-refractivity contribution in [1.82, 2.24) is 0 Å². The number of ketones is 1. The second kappa shape index (κ2) is 8.99. The van der Waals surface area contributed by atoms with E-state index < -0.39 is 5.97 Å². The number of carbonyl (C=O) groups is 2. The molecular weight excluding hydrogens is 332 g/mol. The highest BCUT2D eigenvalue weighted by Gasteiger charge is 2.34. The second-order valence-corrected chi connectivity index (χ2v) is 7.09. The molecule has 26 heavy (non-hydrogen) atoms. The van der Waals surface area contributed by atoms with E-state index in [1.807, 2.05) is 18.2 Å². The van der Waals surface area contributed by atoms with Crippen LogP contribution < -0.4 is 0 Å². The van der Waals surface area contributed by atoms with Crippen molar-refractivity contribution in [3.8, 4) is 0 Å². The average molecular weight is 358 g/mol. The van der Waals surface area contributed by atoms with Crippen LogP contribution in [0.15, 0.2) is 34.9 Å². The van der Waals surface area contributed by atoms with Gasteiger partial charge < -0.3 is 14.3 Å². The molecule has 0 bridgehead atoms. The van der Waals surface area contributed by atoms with Crippen molar-refractivity contribution in [2.75, 3.05) is 13.2 Å². The first-order valence-electron chi connectivity index (χ1n) is 9.42. The van der Waals surface area contributed by atoms with Gasteiger partial charge in [0.2, 0.25) is 0 Å². The molecule has 0 amide bonds. The Morgan fingerprint density at radius 1 is 1.27 bits per heavy atom. The Hall–Kier alpha value is -2.14. The highest BCUT2D eigenvalue weighted by atomic mass is 16.5. The minimum atomic E-state index is -0.765. The molecule has 5 heteroatoms. The van der Waals surface area contributed by atoms with Crippen LogP contribution in [0.4, 0.5) is 0 Å². The fraction of sp³-hybridized carbons (Fsp3) is 0.524. The van der Waals surface area contributed by atoms with Crippen LogP contribution in [0.25, 0.3) is 11.0 Å². The Morgan fingerprint density at radius 2 is 2.15 bits per heavy atom. The molecule has 1 aromatic carbocycles. The van der Waals surface area contributed by atoms with Crippen molar-refractivity contribution in [2.24, 2.45) is 11.8 Å². The summed E-state index contributed by atoms with van der Waals surface area (Å²) in [7, 11) is 0. The Morgan fingerprint density at radius 3 is 3.00 bits per heavy atom. The summed E-state index contributed by atoms with van der Waals surface area (Å²) in [5.41, 5.74) is 2.12. The van der Waals surface area contributed by atoms with Gasteiger partial charge in [0.15, 0.2) is 0 Å². The number of carbonyl (C=O) groups excluding carboxylic acids is 1. The number of furan rings is 1. The van der Waals surface area contributed by atoms with Crippen LogP contribution in [0, 0.1) is 11.8 Å². The number of ether oxygens (including phenoxy) is 1. The first kappa shape index (κ1) is 18.6. The summed E-state index contributed by atoms with van der Waals surface area (Å²) in [6.45, 7) is 1.17. The molecule has 5 nitrogen and oxygen atoms in total. The van der Waals surface area contributed by atoms with E-state index >= 15 is 0 Å². The molecule has 0 aliphatic heterocycles. The fourth-order valence-corrected chi connectivity index (χ4v) is 3.87. The molecule has 0 spiro atoms. The smallest absolute Gasteiger partial charge is 0.303 e. The van der Waals surface area contributed by atoms with Crippen molar-refractivity contribution in [2.45, 2.75) is 44.9 Å². The third-order valence-corrected chi connectivity index (χ3v) is 5.32. The zero-order valence-electron chi connectivity index (χ0n) is 15.0. The SMILES string of the molecule is O=C(O)CCCCOC[C@H]1CCC(=O)C1CCc1cccc2occc12. The van der Waals surface area contributed by atoms with Gasteiger partial charge in [0.25, 0.3) is 0 Å². The second-order valence-electron chi connectivity index (χ2n) is 7.09. The molecule has 1 aromatic heterocycles. The van der Waals surface area contributed by atoms with Gasteiger partial charge in [0.05, 0.1) is 12.9 Å². The number of carboxylic acid groups (broad SMARTS) is 1. The highest BCUT2D eigenvalue weighted by Crippen LogP contribution is 2.33. The molecule has 0 saturated heterocycles. The van der Waals surface area contributed by atoms with E-state index in [1.165, 1.54) is 5.56 Å². The first-order valence-corrected chi connectivity index (χ1v) is 9.42. The number of unbranched alkanes of at least 4 members (excludes halogenated alkanes) is 1. The van der Waals surface area contributed by atoms with Crippen LogP contribution in [-0.4, -0.2) is 30.1 Å². The number of hydrogen-bond acceptors (Lipinski definition) is 4. The van der Waals surface area contributed by atoms with Gasteiger partial charge in [-0.05, 0) is 55.7 Å². The molecule has 1 unspecified atom stereocenters. The topological polar surface area (TPSA) is 76.7 Å². The van der Waals surface area contributed by atoms with Crippen LogP contribution >= 0.6 is 0 Å². The van der Waals surface area contributed by atoms with Gasteiger partial charge in [-0.15, -0.1) is 0 Å². The van der Waals surface area contributed by atoms with Crippen molar-refractivity contribution in [3.05, 3.63) is 36.1 Å². The number of carboxylic acids is 1. The number of benzene rings is 1. The average Bonchev–Trinajstić information content (AvgIpc) is 3.23. The van der Waals surface area contributed by atoms with Crippen LogP contribution in [0.5, 0.6) is 0 Å². The summed E-state index contributed by atoms with van der Waals surface area (Å²) in [6, 6.07) is 8.04. The standard InChI is InChI=1S/C21H26O5/c22-19-10-8-16(14-25-12-2-1-6-21(23)24)17(19)9-7-15-4-3-5-20-18(15)11-13-26-20/h3-5,11,13,16-17H,1-2,6-10,12,14H2,(H,23,24)/t16-,17?/m1/s1. The van der Waals surface area contributed by atoms with Crippen LogP contribution in [0.2, 0.25) is 0 Å². The molecule has 1 N–H and O–H groups in total. The lowest BCUT2D eigenvalue weighted by Gasteiger charge is -2.18. The monoisotopic (exact) mass is 358 g/mol. The normalized spacial score (nSPS) is 20.1. The summed E-state index contributed by atoms with van der Waals surface area (Å²) in [5.74, 6) is -0.0651. The molecule has 1 aliphatic carbocycles. The van der Waals surface area contributed by atoms with Gasteiger partial charge in [-0.1, -0.05) is 12.1 Å². The number of rotatable bonds is 10. The maximum absolute atomic E-state index is 12.3. The van der Waals surface area contributed by atoms with Crippen molar-refractivity contribution in [1.29, 1.82) is 0 Å². The molecule has 2 aromatic rings. The van der Waals surface area contributed by atoms with Crippen molar-refractivity contribution in [3.63, 3.8) is 0 Å². The molecule has 1 saturated carbocycles. The van der Waals surface area contributed by atoms with Crippen LogP contribution in [-0.2, 0) is 20.7 Å². The van der Waals surface area contributed by atoms with Crippen LogP contribution in [0.3, 0.4) is 0 Å². The van der Waals surface area contributed by atoms with E-state index in [9.17, 15) is 9.59 Å². The lowest BCUT2D eigenvalue weighted by molar-refractivity contribution is -0.137. The molecular formula is C21H26O5. The highest BCUT2D eigenvalue weighted by molar-refractivity contribution is 5.84. The van der Waals surface area contributed by atoms with E-state index in [1.54, 1.807) is 6.26 Å². The molecule has 1 heterocycles. The summed E-state index contributed by atoms with van der Waals surface area (Å²) >= 11 is 0.